The van der Waals surface area contributed by atoms with Crippen LogP contribution in [0.2, 0.25) is 0 Å². The highest BCUT2D eigenvalue weighted by Gasteiger charge is 2.22. The maximum Gasteiger partial charge on any atom is 0.295 e. The Bertz CT molecular complexity index is 2410. The van der Waals surface area contributed by atoms with E-state index in [1.54, 1.807) is 48.5 Å². The molecule has 1 aliphatic carbocycles. The minimum absolute atomic E-state index is 0.0551. The summed E-state index contributed by atoms with van der Waals surface area (Å²) < 4.78 is 67.0. The topological polar surface area (TPSA) is 210 Å². The fourth-order valence-electron chi connectivity index (χ4n) is 5.87. The fourth-order valence-corrected chi connectivity index (χ4v) is 7.33. The molecule has 1 aliphatic rings. The number of nitrogens with two attached hydrogens (primary N) is 2. The largest absolute Gasteiger partial charge is 0.397 e. The van der Waals surface area contributed by atoms with Gasteiger partial charge in [0.15, 0.2) is 0 Å². The first-order chi connectivity index (χ1) is 22.4. The molecule has 0 fully saturated rings. The van der Waals surface area contributed by atoms with Crippen LogP contribution in [0, 0.1) is 0 Å². The summed E-state index contributed by atoms with van der Waals surface area (Å²) in [5.74, 6) is 0. The Morgan fingerprint density at radius 2 is 0.894 bits per heavy atom. The number of nitrogen functional groups attached to an aromatic ring is 2. The van der Waals surface area contributed by atoms with Gasteiger partial charge in [0.2, 0.25) is 0 Å². The zero-order chi connectivity index (χ0) is 33.1. The van der Waals surface area contributed by atoms with E-state index in [0.29, 0.717) is 28.6 Å². The number of nitrogens with zero attached hydrogens (tertiary/aromatic N) is 4. The van der Waals surface area contributed by atoms with E-state index in [9.17, 15) is 25.9 Å². The lowest BCUT2D eigenvalue weighted by Crippen LogP contribution is -2.01. The zero-order valence-corrected chi connectivity index (χ0v) is 25.9. The van der Waals surface area contributed by atoms with Gasteiger partial charge in [0.05, 0.1) is 22.7 Å². The van der Waals surface area contributed by atoms with Gasteiger partial charge < -0.3 is 11.5 Å². The Hall–Kier alpha value is -5.54. The molecular weight excluding hydrogens is 641 g/mol. The Morgan fingerprint density at radius 1 is 0.511 bits per heavy atom. The highest BCUT2D eigenvalue weighted by atomic mass is 32.2. The summed E-state index contributed by atoms with van der Waals surface area (Å²) in [6.07, 6.45) is 0.597. The van der Waals surface area contributed by atoms with Gasteiger partial charge in [0, 0.05) is 21.5 Å². The standard InChI is InChI=1S/C33H24N6O6S2/c34-28-16-30(46(40,41)42)24-5-1-3-7-26(24)32(28)38-36-20-9-11-22-18(14-20)13-19-15-21(10-12-23(19)22)37-39-33-27-8-4-2-6-25(27)31(17-29(33)35)47(43,44)45/h1-12,14-17H,13,34-35H2,(H,40,41,42)(H,43,44,45). The smallest absolute Gasteiger partial charge is 0.295 e. The molecule has 6 aromatic carbocycles. The van der Waals surface area contributed by atoms with E-state index < -0.39 is 20.2 Å². The van der Waals surface area contributed by atoms with Gasteiger partial charge in [-0.1, -0.05) is 60.7 Å². The van der Waals surface area contributed by atoms with Gasteiger partial charge in [0.25, 0.3) is 20.2 Å². The number of hydrogen-bond donors (Lipinski definition) is 4. The highest BCUT2D eigenvalue weighted by Crippen LogP contribution is 2.42. The SMILES string of the molecule is Nc1cc(S(=O)(=O)O)c2ccccc2c1N=Nc1ccc2c(c1)Cc1cc(N=Nc3c(N)cc(S(=O)(=O)O)c4ccccc34)ccc1-2. The lowest BCUT2D eigenvalue weighted by atomic mass is 10.1. The van der Waals surface area contributed by atoms with Crippen molar-refractivity contribution in [1.29, 1.82) is 0 Å². The maximum atomic E-state index is 11.9. The van der Waals surface area contributed by atoms with Gasteiger partial charge in [-0.2, -0.15) is 27.1 Å². The van der Waals surface area contributed by atoms with Crippen LogP contribution < -0.4 is 11.5 Å². The Kier molecular flexibility index (Phi) is 7.09. The Labute approximate surface area is 268 Å². The third-order valence-electron chi connectivity index (χ3n) is 7.95. The van der Waals surface area contributed by atoms with E-state index in [1.165, 1.54) is 12.1 Å². The van der Waals surface area contributed by atoms with Gasteiger partial charge in [0.1, 0.15) is 21.2 Å². The van der Waals surface area contributed by atoms with Crippen LogP contribution in [0.4, 0.5) is 34.1 Å². The molecule has 0 amide bonds. The summed E-state index contributed by atoms with van der Waals surface area (Å²) in [7, 11) is -9.01. The average molecular weight is 665 g/mol. The van der Waals surface area contributed by atoms with E-state index in [0.717, 1.165) is 22.3 Å². The summed E-state index contributed by atoms with van der Waals surface area (Å²) >= 11 is 0. The second-order valence-electron chi connectivity index (χ2n) is 10.9. The molecule has 7 rings (SSSR count). The number of anilines is 2. The van der Waals surface area contributed by atoms with Crippen molar-refractivity contribution < 1.29 is 25.9 Å². The molecule has 0 unspecified atom stereocenters. The molecule has 47 heavy (non-hydrogen) atoms. The number of azo groups is 2. The van der Waals surface area contributed by atoms with Crippen molar-refractivity contribution in [2.24, 2.45) is 20.5 Å². The molecule has 0 bridgehead atoms. The number of hydrogen-bond acceptors (Lipinski definition) is 10. The lowest BCUT2D eigenvalue weighted by Gasteiger charge is -2.09. The lowest BCUT2D eigenvalue weighted by molar-refractivity contribution is 0.482. The van der Waals surface area contributed by atoms with Crippen molar-refractivity contribution in [2.45, 2.75) is 16.2 Å². The first-order valence-corrected chi connectivity index (χ1v) is 16.9. The van der Waals surface area contributed by atoms with Crippen LogP contribution in [0.1, 0.15) is 11.1 Å². The van der Waals surface area contributed by atoms with Gasteiger partial charge in [-0.05, 0) is 65.1 Å². The average Bonchev–Trinajstić information content (AvgIpc) is 3.39. The van der Waals surface area contributed by atoms with Crippen LogP contribution in [0.3, 0.4) is 0 Å². The van der Waals surface area contributed by atoms with Crippen molar-refractivity contribution in [3.8, 4) is 11.1 Å². The predicted molar refractivity (Wildman–Crippen MR) is 179 cm³/mol. The summed E-state index contributed by atoms with van der Waals surface area (Å²) in [5, 5.41) is 18.9. The molecule has 0 atom stereocenters. The molecule has 0 radical (unpaired) electrons. The van der Waals surface area contributed by atoms with E-state index in [4.69, 9.17) is 11.5 Å². The molecule has 6 aromatic rings. The summed E-state index contributed by atoms with van der Waals surface area (Å²) in [5.41, 5.74) is 18.2. The third-order valence-corrected chi connectivity index (χ3v) is 9.74. The monoisotopic (exact) mass is 664 g/mol. The number of rotatable bonds is 6. The molecule has 0 saturated carbocycles. The van der Waals surface area contributed by atoms with Gasteiger partial charge in [-0.25, -0.2) is 0 Å². The Morgan fingerprint density at radius 3 is 1.28 bits per heavy atom. The second kappa shape index (κ2) is 11.1. The predicted octanol–water partition coefficient (Wildman–Crippen LogP) is 8.05. The van der Waals surface area contributed by atoms with Crippen LogP contribution in [-0.2, 0) is 26.7 Å². The molecule has 6 N–H and O–H groups in total. The second-order valence-corrected chi connectivity index (χ2v) is 13.7. The van der Waals surface area contributed by atoms with E-state index in [-0.39, 0.29) is 43.3 Å². The summed E-state index contributed by atoms with van der Waals surface area (Å²) in [4.78, 5) is -0.601. The summed E-state index contributed by atoms with van der Waals surface area (Å²) in [6.45, 7) is 0. The van der Waals surface area contributed by atoms with Gasteiger partial charge >= 0.3 is 0 Å². The zero-order valence-electron chi connectivity index (χ0n) is 24.2. The van der Waals surface area contributed by atoms with Crippen LogP contribution in [0.25, 0.3) is 32.7 Å². The molecule has 0 aromatic heterocycles. The molecule has 0 spiro atoms. The first kappa shape index (κ1) is 30.1. The van der Waals surface area contributed by atoms with Crippen molar-refractivity contribution in [3.63, 3.8) is 0 Å². The quantitative estimate of drug-likeness (QED) is 0.0774. The highest BCUT2D eigenvalue weighted by molar-refractivity contribution is 7.86. The number of fused-ring (bicyclic) bond motifs is 5. The minimum atomic E-state index is -4.51. The van der Waals surface area contributed by atoms with Crippen LogP contribution in [-0.4, -0.2) is 25.9 Å². The van der Waals surface area contributed by atoms with Gasteiger partial charge in [-0.3, -0.25) is 9.11 Å². The third kappa shape index (κ3) is 5.48. The van der Waals surface area contributed by atoms with Crippen molar-refractivity contribution in [3.05, 3.63) is 108 Å². The fraction of sp³-hybridized carbons (Fsp3) is 0.0303. The molecule has 14 heteroatoms. The van der Waals surface area contributed by atoms with Crippen molar-refractivity contribution >= 4 is 75.9 Å². The van der Waals surface area contributed by atoms with Crippen molar-refractivity contribution in [2.75, 3.05) is 11.5 Å². The van der Waals surface area contributed by atoms with E-state index in [2.05, 4.69) is 20.5 Å². The van der Waals surface area contributed by atoms with Crippen LogP contribution in [0.5, 0.6) is 0 Å². The van der Waals surface area contributed by atoms with E-state index >= 15 is 0 Å². The molecule has 0 saturated heterocycles. The molecule has 0 heterocycles. The van der Waals surface area contributed by atoms with Crippen LogP contribution in [0.15, 0.2) is 127 Å². The molecule has 234 valence electrons. The molecular formula is C33H24N6O6S2. The summed E-state index contributed by atoms with van der Waals surface area (Å²) in [6, 6.07) is 26.9. The van der Waals surface area contributed by atoms with Crippen LogP contribution >= 0.6 is 0 Å². The number of benzene rings is 6. The Balaban J connectivity index is 1.17. The van der Waals surface area contributed by atoms with Gasteiger partial charge in [-0.15, -0.1) is 10.2 Å². The minimum Gasteiger partial charge on any atom is -0.397 e. The normalized spacial score (nSPS) is 13.1. The maximum absolute atomic E-state index is 11.9. The van der Waals surface area contributed by atoms with E-state index in [1.807, 2.05) is 36.4 Å². The van der Waals surface area contributed by atoms with Crippen molar-refractivity contribution in [1.82, 2.24) is 0 Å². The molecule has 0 aliphatic heterocycles. The first-order valence-electron chi connectivity index (χ1n) is 14.1. The molecule has 12 nitrogen and oxygen atoms in total.